The molecule has 5 nitrogen and oxygen atoms in total. The van der Waals surface area contributed by atoms with Gasteiger partial charge in [0.15, 0.2) is 0 Å². The third kappa shape index (κ3) is 2.79. The molecule has 2 unspecified atom stereocenters. The molecule has 4 bridgehead atoms. The predicted molar refractivity (Wildman–Crippen MR) is 104 cm³/mol. The van der Waals surface area contributed by atoms with Crippen molar-refractivity contribution in [2.75, 3.05) is 0 Å². The summed E-state index contributed by atoms with van der Waals surface area (Å²) in [6.07, 6.45) is 4.92. The van der Waals surface area contributed by atoms with Crippen molar-refractivity contribution >= 4 is 16.9 Å². The zero-order chi connectivity index (χ0) is 19.7. The van der Waals surface area contributed by atoms with Gasteiger partial charge in [-0.05, 0) is 87.5 Å². The predicted octanol–water partition coefficient (Wildman–Crippen LogP) is 3.78. The van der Waals surface area contributed by atoms with Gasteiger partial charge >= 0.3 is 11.6 Å². The molecule has 0 radical (unpaired) electrons. The van der Waals surface area contributed by atoms with Crippen molar-refractivity contribution in [2.45, 2.75) is 64.6 Å². The first-order chi connectivity index (χ1) is 13.3. The SMILES string of the molecule is Cc1cc2oc(=O)cc(COC(=O)C34CC5CC(CC(O)(C5)C3)C4)c2cc1C. The van der Waals surface area contributed by atoms with E-state index in [1.165, 1.54) is 6.07 Å². The molecule has 0 saturated heterocycles. The summed E-state index contributed by atoms with van der Waals surface area (Å²) in [4.78, 5) is 25.1. The highest BCUT2D eigenvalue weighted by Crippen LogP contribution is 2.62. The third-order valence-corrected chi connectivity index (χ3v) is 7.27. The Hall–Kier alpha value is -2.14. The van der Waals surface area contributed by atoms with Gasteiger partial charge in [0.2, 0.25) is 0 Å². The van der Waals surface area contributed by atoms with E-state index in [-0.39, 0.29) is 12.6 Å². The van der Waals surface area contributed by atoms with E-state index in [1.807, 2.05) is 26.0 Å². The highest BCUT2D eigenvalue weighted by molar-refractivity contribution is 5.82. The van der Waals surface area contributed by atoms with Gasteiger partial charge in [0, 0.05) is 17.0 Å². The summed E-state index contributed by atoms with van der Waals surface area (Å²) >= 11 is 0. The van der Waals surface area contributed by atoms with Gasteiger partial charge in [0.1, 0.15) is 12.2 Å². The van der Waals surface area contributed by atoms with Crippen molar-refractivity contribution in [1.29, 1.82) is 0 Å². The second kappa shape index (κ2) is 5.93. The highest BCUT2D eigenvalue weighted by atomic mass is 16.5. The summed E-state index contributed by atoms with van der Waals surface area (Å²) in [5.41, 5.74) is 1.64. The molecule has 4 aliphatic rings. The molecule has 2 atom stereocenters. The van der Waals surface area contributed by atoms with Gasteiger partial charge in [-0.15, -0.1) is 0 Å². The van der Waals surface area contributed by atoms with E-state index in [2.05, 4.69) is 0 Å². The number of fused-ring (bicyclic) bond motifs is 1. The van der Waals surface area contributed by atoms with Crippen LogP contribution >= 0.6 is 0 Å². The summed E-state index contributed by atoms with van der Waals surface area (Å²) in [6.45, 7) is 4.03. The van der Waals surface area contributed by atoms with Gasteiger partial charge < -0.3 is 14.3 Å². The summed E-state index contributed by atoms with van der Waals surface area (Å²) in [6, 6.07) is 5.24. The van der Waals surface area contributed by atoms with Gasteiger partial charge in [-0.3, -0.25) is 4.79 Å². The zero-order valence-electron chi connectivity index (χ0n) is 16.4. The Kier molecular flexibility index (Phi) is 3.80. The molecular weight excluding hydrogens is 356 g/mol. The summed E-state index contributed by atoms with van der Waals surface area (Å²) in [5, 5.41) is 11.7. The standard InChI is InChI=1S/C23H26O5/c1-13-3-18-17(6-20(24)28-19(18)4-14(13)2)11-27-21(25)22-7-15-5-16(8-22)10-23(26,9-15)12-22/h3-4,6,15-16,26H,5,7-12H2,1-2H3. The van der Waals surface area contributed by atoms with Crippen LogP contribution in [0.15, 0.2) is 27.4 Å². The molecule has 1 N–H and O–H groups in total. The monoisotopic (exact) mass is 382 g/mol. The maximum atomic E-state index is 13.1. The van der Waals surface area contributed by atoms with E-state index in [0.29, 0.717) is 29.4 Å². The first-order valence-electron chi connectivity index (χ1n) is 10.2. The number of benzene rings is 1. The Morgan fingerprint density at radius 3 is 2.50 bits per heavy atom. The molecule has 148 valence electrons. The molecule has 1 aromatic heterocycles. The number of esters is 1. The minimum atomic E-state index is -0.696. The number of aryl methyl sites for hydroxylation is 2. The molecule has 4 saturated carbocycles. The van der Waals surface area contributed by atoms with E-state index >= 15 is 0 Å². The van der Waals surface area contributed by atoms with E-state index in [1.54, 1.807) is 0 Å². The van der Waals surface area contributed by atoms with Crippen LogP contribution in [0.5, 0.6) is 0 Å². The number of rotatable bonds is 3. The highest BCUT2D eigenvalue weighted by Gasteiger charge is 2.60. The largest absolute Gasteiger partial charge is 0.460 e. The second-order valence-electron chi connectivity index (χ2n) is 9.57. The van der Waals surface area contributed by atoms with Crippen molar-refractivity contribution in [1.82, 2.24) is 0 Å². The van der Waals surface area contributed by atoms with Crippen molar-refractivity contribution < 1.29 is 19.1 Å². The fraction of sp³-hybridized carbons (Fsp3) is 0.565. The Balaban J connectivity index is 1.42. The summed E-state index contributed by atoms with van der Waals surface area (Å²) < 4.78 is 11.1. The average molecular weight is 382 g/mol. The lowest BCUT2D eigenvalue weighted by Crippen LogP contribution is -2.58. The van der Waals surface area contributed by atoms with Gasteiger partial charge in [0.05, 0.1) is 11.0 Å². The number of ether oxygens (including phenoxy) is 1. The lowest BCUT2D eigenvalue weighted by atomic mass is 9.48. The molecule has 0 aliphatic heterocycles. The fourth-order valence-electron chi connectivity index (χ4n) is 6.35. The van der Waals surface area contributed by atoms with Crippen LogP contribution in [0.25, 0.3) is 11.0 Å². The van der Waals surface area contributed by atoms with Crippen molar-refractivity contribution in [2.24, 2.45) is 17.3 Å². The molecule has 1 heterocycles. The molecule has 1 aromatic carbocycles. The molecule has 5 heteroatoms. The van der Waals surface area contributed by atoms with Crippen molar-refractivity contribution in [3.8, 4) is 0 Å². The Morgan fingerprint density at radius 1 is 1.14 bits per heavy atom. The Labute approximate surface area is 163 Å². The maximum Gasteiger partial charge on any atom is 0.336 e. The van der Waals surface area contributed by atoms with Crippen LogP contribution in [0.4, 0.5) is 0 Å². The van der Waals surface area contributed by atoms with E-state index < -0.39 is 16.6 Å². The zero-order valence-corrected chi connectivity index (χ0v) is 16.4. The van der Waals surface area contributed by atoms with Crippen LogP contribution < -0.4 is 5.63 Å². The minimum Gasteiger partial charge on any atom is -0.460 e. The molecule has 28 heavy (non-hydrogen) atoms. The topological polar surface area (TPSA) is 76.7 Å². The Bertz CT molecular complexity index is 1020. The molecule has 4 fully saturated rings. The van der Waals surface area contributed by atoms with Gasteiger partial charge in [-0.1, -0.05) is 0 Å². The minimum absolute atomic E-state index is 0.0545. The average Bonchev–Trinajstić information content (AvgIpc) is 2.58. The lowest BCUT2D eigenvalue weighted by molar-refractivity contribution is -0.197. The number of hydrogen-bond acceptors (Lipinski definition) is 5. The number of hydrogen-bond donors (Lipinski definition) is 1. The maximum absolute atomic E-state index is 13.1. The molecule has 0 spiro atoms. The normalized spacial score (nSPS) is 33.4. The van der Waals surface area contributed by atoms with Gasteiger partial charge in [-0.25, -0.2) is 4.79 Å². The molecule has 0 amide bonds. The smallest absolute Gasteiger partial charge is 0.336 e. The molecule has 4 aliphatic carbocycles. The van der Waals surface area contributed by atoms with Crippen LogP contribution in [0.2, 0.25) is 0 Å². The number of carbonyl (C=O) groups is 1. The molecule has 6 rings (SSSR count). The quantitative estimate of drug-likeness (QED) is 0.646. The molecular formula is C23H26O5. The van der Waals surface area contributed by atoms with Crippen LogP contribution in [0.1, 0.15) is 55.2 Å². The first kappa shape index (κ1) is 17.9. The number of aliphatic hydroxyl groups is 1. The van der Waals surface area contributed by atoms with E-state index in [9.17, 15) is 14.7 Å². The van der Waals surface area contributed by atoms with Gasteiger partial charge in [-0.2, -0.15) is 0 Å². The van der Waals surface area contributed by atoms with Crippen molar-refractivity contribution in [3.05, 3.63) is 45.3 Å². The Morgan fingerprint density at radius 2 is 1.82 bits per heavy atom. The van der Waals surface area contributed by atoms with E-state index in [0.717, 1.165) is 48.6 Å². The second-order valence-corrected chi connectivity index (χ2v) is 9.57. The van der Waals surface area contributed by atoms with Crippen LogP contribution in [0.3, 0.4) is 0 Å². The van der Waals surface area contributed by atoms with Gasteiger partial charge in [0.25, 0.3) is 0 Å². The summed E-state index contributed by atoms with van der Waals surface area (Å²) in [5.74, 6) is 0.633. The summed E-state index contributed by atoms with van der Waals surface area (Å²) in [7, 11) is 0. The van der Waals surface area contributed by atoms with E-state index in [4.69, 9.17) is 9.15 Å². The van der Waals surface area contributed by atoms with Crippen LogP contribution in [0, 0.1) is 31.1 Å². The lowest BCUT2D eigenvalue weighted by Gasteiger charge is -2.58. The van der Waals surface area contributed by atoms with Crippen molar-refractivity contribution in [3.63, 3.8) is 0 Å². The fourth-order valence-corrected chi connectivity index (χ4v) is 6.35. The van der Waals surface area contributed by atoms with Crippen LogP contribution in [-0.4, -0.2) is 16.7 Å². The third-order valence-electron chi connectivity index (χ3n) is 7.27. The van der Waals surface area contributed by atoms with Crippen LogP contribution in [-0.2, 0) is 16.1 Å². The first-order valence-corrected chi connectivity index (χ1v) is 10.2. The number of carbonyl (C=O) groups excluding carboxylic acids is 1. The molecule has 2 aromatic rings.